The first kappa shape index (κ1) is 13.6. The molecule has 0 aliphatic rings. The predicted octanol–water partition coefficient (Wildman–Crippen LogP) is -1.66. The highest BCUT2D eigenvalue weighted by Gasteiger charge is 2.21. The molecule has 0 N–H and O–H groups in total. The van der Waals surface area contributed by atoms with Gasteiger partial charge in [-0.3, -0.25) is 0 Å². The normalized spacial score (nSPS) is 13.3. The minimum atomic E-state index is -1.35. The average molecular weight is 222 g/mol. The van der Waals surface area contributed by atoms with E-state index in [0.29, 0.717) is 4.48 Å². The number of quaternary nitrogens is 1. The summed E-state index contributed by atoms with van der Waals surface area (Å²) in [6, 6.07) is 0. The van der Waals surface area contributed by atoms with Crippen LogP contribution in [0.25, 0.3) is 0 Å². The summed E-state index contributed by atoms with van der Waals surface area (Å²) in [6.45, 7) is 0.252. The van der Waals surface area contributed by atoms with Gasteiger partial charge in [0.2, 0.25) is 0 Å². The first-order valence-electron chi connectivity index (χ1n) is 4.19. The van der Waals surface area contributed by atoms with E-state index < -0.39 is 23.6 Å². The maximum atomic E-state index is 10.3. The van der Waals surface area contributed by atoms with Crippen molar-refractivity contribution in [1.29, 1.82) is 0 Å². The van der Waals surface area contributed by atoms with Crippen LogP contribution in [0.1, 0.15) is 6.42 Å². The van der Waals surface area contributed by atoms with Gasteiger partial charge in [0, 0.05) is 12.4 Å². The monoisotopic (exact) mass is 222 g/mol. The van der Waals surface area contributed by atoms with Crippen molar-refractivity contribution in [3.63, 3.8) is 0 Å². The van der Waals surface area contributed by atoms with E-state index in [1.54, 1.807) is 21.1 Å². The first-order valence-corrected chi connectivity index (χ1v) is 4.19. The third-order valence-electron chi connectivity index (χ3n) is 1.39. The fraction of sp³-hybridized carbons (Fsp3) is 0.857. The smallest absolute Gasteiger partial charge is 0.322 e. The van der Waals surface area contributed by atoms with Crippen molar-refractivity contribution in [3.8, 4) is 0 Å². The third-order valence-corrected chi connectivity index (χ3v) is 1.39. The van der Waals surface area contributed by atoms with E-state index in [4.69, 9.17) is 0 Å². The number of rotatable bonds is 7. The van der Waals surface area contributed by atoms with Crippen molar-refractivity contribution in [1.82, 2.24) is 0 Å². The zero-order valence-corrected chi connectivity index (χ0v) is 8.84. The van der Waals surface area contributed by atoms with Crippen LogP contribution in [0.3, 0.4) is 0 Å². The third kappa shape index (κ3) is 8.91. The van der Waals surface area contributed by atoms with E-state index in [1.165, 1.54) is 0 Å². The number of aliphatic carboxylic acids is 1. The second kappa shape index (κ2) is 5.47. The number of carbonyl (C=O) groups excluding carboxylic acids is 1. The van der Waals surface area contributed by atoms with E-state index in [9.17, 15) is 20.0 Å². The number of carboxylic acids is 1. The van der Waals surface area contributed by atoms with Gasteiger partial charge in [0.25, 0.3) is 0 Å². The van der Waals surface area contributed by atoms with Crippen LogP contribution in [0.15, 0.2) is 0 Å². The molecular weight excluding hydrogens is 208 g/mol. The molecule has 0 saturated heterocycles. The van der Waals surface area contributed by atoms with Crippen LogP contribution in [-0.2, 0) is 14.7 Å². The van der Waals surface area contributed by atoms with Gasteiger partial charge in [-0.05, 0) is 0 Å². The van der Waals surface area contributed by atoms with Crippen LogP contribution in [0.4, 0.5) is 0 Å². The molecule has 0 aromatic carbocycles. The largest absolute Gasteiger partial charge is 0.550 e. The predicted molar refractivity (Wildman–Crippen MR) is 45.5 cm³/mol. The van der Waals surface area contributed by atoms with Gasteiger partial charge < -0.3 is 14.4 Å². The second-order valence-corrected chi connectivity index (χ2v) is 4.07. The van der Waals surface area contributed by atoms with E-state index in [2.05, 4.69) is 9.88 Å². The minimum Gasteiger partial charge on any atom is -0.550 e. The highest BCUT2D eigenvalue weighted by molar-refractivity contribution is 5.64. The molecule has 0 heterocycles. The molecule has 0 saturated carbocycles. The Kier molecular flexibility index (Phi) is 4.95. The Morgan fingerprint density at radius 3 is 2.33 bits per heavy atom. The first-order chi connectivity index (χ1) is 6.70. The molecule has 1 atom stereocenters. The summed E-state index contributed by atoms with van der Waals surface area (Å²) >= 11 is 0. The Morgan fingerprint density at radius 1 is 1.47 bits per heavy atom. The zero-order valence-electron chi connectivity index (χ0n) is 8.84. The van der Waals surface area contributed by atoms with Gasteiger partial charge in [0.1, 0.15) is 12.6 Å². The molecule has 0 aromatic heterocycles. The van der Waals surface area contributed by atoms with Crippen LogP contribution >= 0.6 is 0 Å². The van der Waals surface area contributed by atoms with Gasteiger partial charge >= 0.3 is 5.09 Å². The summed E-state index contributed by atoms with van der Waals surface area (Å²) in [4.78, 5) is 28.2. The number of nitrogens with zero attached hydrogens (tertiary/aromatic N) is 2. The Labute approximate surface area is 86.6 Å². The van der Waals surface area contributed by atoms with Crippen LogP contribution in [0.5, 0.6) is 0 Å². The highest BCUT2D eigenvalue weighted by Crippen LogP contribution is 2.04. The molecule has 8 heteroatoms. The Morgan fingerprint density at radius 2 is 2.00 bits per heavy atom. The van der Waals surface area contributed by atoms with Gasteiger partial charge in [-0.2, -0.15) is 4.89 Å². The minimum absolute atomic E-state index is 0.252. The molecule has 0 aliphatic heterocycles. The zero-order chi connectivity index (χ0) is 12.1. The lowest BCUT2D eigenvalue weighted by Crippen LogP contribution is -2.44. The molecule has 88 valence electrons. The Hall–Kier alpha value is -1.41. The molecule has 0 aromatic rings. The maximum Gasteiger partial charge on any atom is 0.322 e. The molecule has 0 amide bonds. The van der Waals surface area contributed by atoms with Crippen molar-refractivity contribution in [2.24, 2.45) is 0 Å². The van der Waals surface area contributed by atoms with Crippen LogP contribution < -0.4 is 5.11 Å². The standard InChI is InChI=1S/C7H14N2O6/c1-9(2,3)5-6(4-7(10)11)14-15-8(12)13/h6H,4-5H2,1-3H3/t6-/m0/s1. The second-order valence-electron chi connectivity index (χ2n) is 4.07. The van der Waals surface area contributed by atoms with Crippen LogP contribution in [0, 0.1) is 10.1 Å². The van der Waals surface area contributed by atoms with Crippen LogP contribution in [-0.4, -0.2) is 49.3 Å². The van der Waals surface area contributed by atoms with Gasteiger partial charge in [-0.15, -0.1) is 15.1 Å². The van der Waals surface area contributed by atoms with Crippen molar-refractivity contribution in [2.45, 2.75) is 12.5 Å². The van der Waals surface area contributed by atoms with Crippen LogP contribution in [0.2, 0.25) is 0 Å². The molecular formula is C7H14N2O6. The Bertz CT molecular complexity index is 236. The van der Waals surface area contributed by atoms with E-state index in [1.807, 2.05) is 0 Å². The molecule has 0 unspecified atom stereocenters. The van der Waals surface area contributed by atoms with Gasteiger partial charge in [0.15, 0.2) is 0 Å². The molecule has 8 nitrogen and oxygen atoms in total. The molecule has 0 bridgehead atoms. The summed E-state index contributed by atoms with van der Waals surface area (Å²) < 4.78 is 0.388. The quantitative estimate of drug-likeness (QED) is 0.221. The van der Waals surface area contributed by atoms with Gasteiger partial charge in [0.05, 0.1) is 21.1 Å². The number of likely N-dealkylation sites (N-methyl/N-ethyl adjacent to an activating group) is 1. The maximum absolute atomic E-state index is 10.3. The molecule has 0 rings (SSSR count). The lowest BCUT2D eigenvalue weighted by molar-refractivity contribution is -0.891. The molecule has 15 heavy (non-hydrogen) atoms. The fourth-order valence-corrected chi connectivity index (χ4v) is 1.02. The fourth-order valence-electron chi connectivity index (χ4n) is 1.02. The molecule has 0 radical (unpaired) electrons. The summed E-state index contributed by atoms with van der Waals surface area (Å²) in [5, 5.41) is 19.0. The summed E-state index contributed by atoms with van der Waals surface area (Å²) in [5.74, 6) is -1.35. The molecule has 0 fully saturated rings. The SMILES string of the molecule is C[N+](C)(C)C[C@H](CC(=O)[O-])OO[N+](=O)[O-]. The lowest BCUT2D eigenvalue weighted by Gasteiger charge is -2.28. The lowest BCUT2D eigenvalue weighted by atomic mass is 10.2. The Balaban J connectivity index is 4.18. The van der Waals surface area contributed by atoms with Crippen molar-refractivity contribution in [2.75, 3.05) is 27.7 Å². The number of hydrogen-bond donors (Lipinski definition) is 0. The van der Waals surface area contributed by atoms with Gasteiger partial charge in [-0.1, -0.05) is 0 Å². The summed E-state index contributed by atoms with van der Waals surface area (Å²) in [5.41, 5.74) is 0. The van der Waals surface area contributed by atoms with Gasteiger partial charge in [-0.25, -0.2) is 0 Å². The molecule has 0 aliphatic carbocycles. The topological polar surface area (TPSA) is 102 Å². The van der Waals surface area contributed by atoms with Crippen molar-refractivity contribution >= 4 is 5.97 Å². The van der Waals surface area contributed by atoms with E-state index in [0.717, 1.165) is 0 Å². The van der Waals surface area contributed by atoms with E-state index in [-0.39, 0.29) is 6.54 Å². The number of carbonyl (C=O) groups is 1. The van der Waals surface area contributed by atoms with Crippen molar-refractivity contribution in [3.05, 3.63) is 10.1 Å². The van der Waals surface area contributed by atoms with E-state index >= 15 is 0 Å². The summed E-state index contributed by atoms with van der Waals surface area (Å²) in [7, 11) is 5.37. The highest BCUT2D eigenvalue weighted by atomic mass is 17.3. The number of hydrogen-bond acceptors (Lipinski definition) is 6. The molecule has 0 spiro atoms. The van der Waals surface area contributed by atoms with Crippen molar-refractivity contribution < 1.29 is 29.3 Å². The average Bonchev–Trinajstić information content (AvgIpc) is 1.95. The number of carboxylic acid groups (broad SMARTS) is 1. The summed E-state index contributed by atoms with van der Waals surface area (Å²) in [6.07, 6.45) is -1.37.